The van der Waals surface area contributed by atoms with E-state index in [-0.39, 0.29) is 12.5 Å². The normalized spacial score (nSPS) is 12.8. The predicted molar refractivity (Wildman–Crippen MR) is 114 cm³/mol. The van der Waals surface area contributed by atoms with Crippen LogP contribution in [0.2, 0.25) is 0 Å². The lowest BCUT2D eigenvalue weighted by atomic mass is 10.1. The van der Waals surface area contributed by atoms with Crippen molar-refractivity contribution >= 4 is 11.6 Å². The van der Waals surface area contributed by atoms with Gasteiger partial charge in [-0.2, -0.15) is 18.3 Å². The summed E-state index contributed by atoms with van der Waals surface area (Å²) in [6.45, 7) is 5.62. The Morgan fingerprint density at radius 1 is 1.13 bits per heavy atom. The fourth-order valence-electron chi connectivity index (χ4n) is 3.34. The summed E-state index contributed by atoms with van der Waals surface area (Å²) in [5.74, 6) is -0.256. The van der Waals surface area contributed by atoms with E-state index in [0.29, 0.717) is 16.9 Å². The third kappa shape index (κ3) is 5.14. The highest BCUT2D eigenvalue weighted by molar-refractivity contribution is 5.95. The number of aromatic nitrogens is 2. The predicted octanol–water partition coefficient (Wildman–Crippen LogP) is 4.97. The summed E-state index contributed by atoms with van der Waals surface area (Å²) < 4.78 is 40.6. The zero-order valence-corrected chi connectivity index (χ0v) is 17.9. The number of likely N-dealkylation sites (N-methyl/N-ethyl adjacent to an activating group) is 1. The van der Waals surface area contributed by atoms with Gasteiger partial charge in [-0.1, -0.05) is 36.4 Å². The van der Waals surface area contributed by atoms with Crippen molar-refractivity contribution in [2.45, 2.75) is 39.5 Å². The monoisotopic (exact) mass is 430 g/mol. The molecular formula is C23H25F3N4O. The van der Waals surface area contributed by atoms with Crippen molar-refractivity contribution in [1.29, 1.82) is 0 Å². The van der Waals surface area contributed by atoms with Crippen molar-refractivity contribution in [3.05, 3.63) is 77.1 Å². The number of carbonyl (C=O) groups excluding carboxylic acids is 1. The molecule has 0 fully saturated rings. The summed E-state index contributed by atoms with van der Waals surface area (Å²) in [5.41, 5.74) is 2.79. The molecule has 31 heavy (non-hydrogen) atoms. The fourth-order valence-corrected chi connectivity index (χ4v) is 3.34. The summed E-state index contributed by atoms with van der Waals surface area (Å²) in [7, 11) is 1.71. The van der Waals surface area contributed by atoms with Crippen LogP contribution in [0.3, 0.4) is 0 Å². The Morgan fingerprint density at radius 2 is 1.81 bits per heavy atom. The van der Waals surface area contributed by atoms with Crippen molar-refractivity contribution in [3.63, 3.8) is 0 Å². The van der Waals surface area contributed by atoms with Gasteiger partial charge in [0.25, 0.3) is 0 Å². The maximum Gasteiger partial charge on any atom is 0.416 e. The molecule has 164 valence electrons. The quantitative estimate of drug-likeness (QED) is 0.601. The van der Waals surface area contributed by atoms with Gasteiger partial charge in [0.2, 0.25) is 5.91 Å². The molecule has 8 heteroatoms. The first-order chi connectivity index (χ1) is 14.6. The van der Waals surface area contributed by atoms with Gasteiger partial charge in [-0.15, -0.1) is 0 Å². The Bertz CT molecular complexity index is 1060. The second kappa shape index (κ2) is 8.93. The molecule has 0 aliphatic heterocycles. The van der Waals surface area contributed by atoms with E-state index in [1.54, 1.807) is 29.6 Å². The minimum absolute atomic E-state index is 0.208. The van der Waals surface area contributed by atoms with E-state index in [9.17, 15) is 18.0 Å². The van der Waals surface area contributed by atoms with Crippen molar-refractivity contribution in [1.82, 2.24) is 14.7 Å². The first kappa shape index (κ1) is 22.6. The van der Waals surface area contributed by atoms with Crippen LogP contribution in [0.5, 0.6) is 0 Å². The molecule has 0 aliphatic rings. The van der Waals surface area contributed by atoms with Crippen LogP contribution >= 0.6 is 0 Å². The summed E-state index contributed by atoms with van der Waals surface area (Å²) in [6.07, 6.45) is -4.40. The van der Waals surface area contributed by atoms with Gasteiger partial charge < -0.3 is 5.32 Å². The Kier molecular flexibility index (Phi) is 6.50. The topological polar surface area (TPSA) is 50.2 Å². The number of rotatable bonds is 6. The number of carbonyl (C=O) groups is 1. The highest BCUT2D eigenvalue weighted by Gasteiger charge is 2.30. The molecule has 0 saturated heterocycles. The molecule has 1 unspecified atom stereocenters. The van der Waals surface area contributed by atoms with E-state index in [2.05, 4.69) is 10.4 Å². The van der Waals surface area contributed by atoms with Gasteiger partial charge in [-0.3, -0.25) is 9.69 Å². The highest BCUT2D eigenvalue weighted by atomic mass is 19.4. The van der Waals surface area contributed by atoms with E-state index in [1.807, 2.05) is 44.2 Å². The average molecular weight is 430 g/mol. The molecule has 5 nitrogen and oxygen atoms in total. The van der Waals surface area contributed by atoms with Crippen LogP contribution in [0.4, 0.5) is 18.9 Å². The number of benzene rings is 2. The minimum atomic E-state index is -4.40. The molecule has 3 aromatic rings. The molecule has 1 atom stereocenters. The fraction of sp³-hybridized carbons (Fsp3) is 0.304. The Morgan fingerprint density at radius 3 is 2.45 bits per heavy atom. The van der Waals surface area contributed by atoms with Gasteiger partial charge in [0, 0.05) is 6.54 Å². The number of amides is 1. The first-order valence-electron chi connectivity index (χ1n) is 9.87. The maximum absolute atomic E-state index is 12.9. The molecule has 0 bridgehead atoms. The van der Waals surface area contributed by atoms with Crippen LogP contribution in [-0.4, -0.2) is 33.7 Å². The van der Waals surface area contributed by atoms with E-state index >= 15 is 0 Å². The molecule has 0 saturated carbocycles. The zero-order chi connectivity index (χ0) is 22.8. The Hall–Kier alpha value is -3.13. The summed E-state index contributed by atoms with van der Waals surface area (Å²) >= 11 is 0. The van der Waals surface area contributed by atoms with Crippen LogP contribution < -0.4 is 5.32 Å². The summed E-state index contributed by atoms with van der Waals surface area (Å²) in [4.78, 5) is 14.6. The van der Waals surface area contributed by atoms with Gasteiger partial charge >= 0.3 is 6.18 Å². The second-order valence-corrected chi connectivity index (χ2v) is 7.57. The Balaban J connectivity index is 1.72. The van der Waals surface area contributed by atoms with Crippen LogP contribution in [-0.2, 0) is 17.5 Å². The van der Waals surface area contributed by atoms with Gasteiger partial charge in [-0.05, 0) is 51.6 Å². The molecular weight excluding hydrogens is 405 g/mol. The van der Waals surface area contributed by atoms with E-state index in [4.69, 9.17) is 0 Å². The van der Waals surface area contributed by atoms with Crippen LogP contribution in [0.15, 0.2) is 54.6 Å². The lowest BCUT2D eigenvalue weighted by Crippen LogP contribution is -2.39. The number of hydrogen-bond donors (Lipinski definition) is 1. The third-order valence-corrected chi connectivity index (χ3v) is 5.27. The van der Waals surface area contributed by atoms with E-state index < -0.39 is 17.8 Å². The van der Waals surface area contributed by atoms with Gasteiger partial charge in [0.05, 0.1) is 34.4 Å². The molecule has 1 heterocycles. The Labute approximate surface area is 179 Å². The van der Waals surface area contributed by atoms with Gasteiger partial charge in [0.15, 0.2) is 0 Å². The lowest BCUT2D eigenvalue weighted by molar-refractivity contribution is -0.137. The number of hydrogen-bond acceptors (Lipinski definition) is 3. The van der Waals surface area contributed by atoms with Crippen molar-refractivity contribution in [2.24, 2.45) is 0 Å². The largest absolute Gasteiger partial charge is 0.416 e. The lowest BCUT2D eigenvalue weighted by Gasteiger charge is -2.24. The zero-order valence-electron chi connectivity index (χ0n) is 17.9. The molecule has 2 aromatic carbocycles. The van der Waals surface area contributed by atoms with Crippen molar-refractivity contribution in [2.75, 3.05) is 12.4 Å². The van der Waals surface area contributed by atoms with Crippen LogP contribution in [0.1, 0.15) is 29.4 Å². The maximum atomic E-state index is 12.9. The second-order valence-electron chi connectivity index (χ2n) is 7.57. The third-order valence-electron chi connectivity index (χ3n) is 5.27. The SMILES string of the molecule is Cc1nn(-c2ccccc2)c(C)c1NC(=O)C(C)N(C)Cc1cccc(C(F)(F)F)c1. The van der Waals surface area contributed by atoms with E-state index in [1.165, 1.54) is 6.07 Å². The van der Waals surface area contributed by atoms with Crippen LogP contribution in [0.25, 0.3) is 5.69 Å². The highest BCUT2D eigenvalue weighted by Crippen LogP contribution is 2.30. The van der Waals surface area contributed by atoms with Crippen molar-refractivity contribution < 1.29 is 18.0 Å². The number of anilines is 1. The standard InChI is InChI=1S/C23H25F3N4O/c1-15-21(16(2)30(28-15)20-11-6-5-7-12-20)27-22(31)17(3)29(4)14-18-9-8-10-19(13-18)23(24,25)26/h5-13,17H,14H2,1-4H3,(H,27,31). The van der Waals surface area contributed by atoms with Gasteiger partial charge in [0.1, 0.15) is 0 Å². The van der Waals surface area contributed by atoms with Crippen molar-refractivity contribution in [3.8, 4) is 5.69 Å². The average Bonchev–Trinajstić information content (AvgIpc) is 3.01. The number of nitrogens with zero attached hydrogens (tertiary/aromatic N) is 3. The molecule has 3 rings (SSSR count). The summed E-state index contributed by atoms with van der Waals surface area (Å²) in [6, 6.07) is 14.2. The number of nitrogens with one attached hydrogen (secondary N) is 1. The molecule has 0 aliphatic carbocycles. The summed E-state index contributed by atoms with van der Waals surface area (Å²) in [5, 5.41) is 7.45. The molecule has 1 amide bonds. The molecule has 1 N–H and O–H groups in total. The molecule has 0 radical (unpaired) electrons. The number of aryl methyl sites for hydroxylation is 1. The number of para-hydroxylation sites is 1. The molecule has 0 spiro atoms. The number of halogens is 3. The minimum Gasteiger partial charge on any atom is -0.322 e. The smallest absolute Gasteiger partial charge is 0.322 e. The van der Waals surface area contributed by atoms with E-state index in [0.717, 1.165) is 23.5 Å². The molecule has 1 aromatic heterocycles. The van der Waals surface area contributed by atoms with Gasteiger partial charge in [-0.25, -0.2) is 4.68 Å². The number of alkyl halides is 3. The first-order valence-corrected chi connectivity index (χ1v) is 9.87. The van der Waals surface area contributed by atoms with Crippen LogP contribution in [0, 0.1) is 13.8 Å².